The molecule has 0 saturated carbocycles. The van der Waals surface area contributed by atoms with Crippen LogP contribution >= 0.6 is 0 Å². The predicted octanol–water partition coefficient (Wildman–Crippen LogP) is 34.7. The van der Waals surface area contributed by atoms with Crippen LogP contribution in [0.15, 0.2) is 480 Å². The van der Waals surface area contributed by atoms with Crippen LogP contribution in [0.1, 0.15) is 0 Å². The summed E-state index contributed by atoms with van der Waals surface area (Å²) in [7, 11) is 0. The van der Waals surface area contributed by atoms with E-state index in [1.807, 2.05) is 36.4 Å². The molecule has 0 amide bonds. The molecule has 0 spiro atoms. The molecule has 0 radical (unpaired) electrons. The second-order valence-electron chi connectivity index (χ2n) is 32.4. The first-order chi connectivity index (χ1) is 62.5. The van der Waals surface area contributed by atoms with Crippen molar-refractivity contribution in [2.75, 3.05) is 14.7 Å². The zero-order valence-electron chi connectivity index (χ0n) is 68.5. The van der Waals surface area contributed by atoms with E-state index in [1.165, 1.54) is 76.1 Å². The van der Waals surface area contributed by atoms with Gasteiger partial charge in [-0.25, -0.2) is 0 Å². The second-order valence-corrected chi connectivity index (χ2v) is 32.4. The molecule has 0 fully saturated rings. The number of anilines is 9. The number of para-hydroxylation sites is 8. The van der Waals surface area contributed by atoms with Gasteiger partial charge in [-0.3, -0.25) is 0 Å². The number of fused-ring (bicyclic) bond motifs is 17. The summed E-state index contributed by atoms with van der Waals surface area (Å²) in [4.78, 5) is 7.25. The minimum absolute atomic E-state index is 0.899. The molecule has 25 aromatic rings. The molecule has 0 saturated heterocycles. The predicted molar refractivity (Wildman–Crippen MR) is 531 cm³/mol. The third kappa shape index (κ3) is 12.5. The summed E-state index contributed by atoms with van der Waals surface area (Å²) in [6.45, 7) is 0. The Morgan fingerprint density at radius 3 is 0.817 bits per heavy atom. The van der Waals surface area contributed by atoms with Crippen molar-refractivity contribution in [1.82, 2.24) is 0 Å². The Balaban J connectivity index is 0.000000145. The second kappa shape index (κ2) is 30.7. The zero-order chi connectivity index (χ0) is 83.1. The van der Waals surface area contributed by atoms with Crippen molar-refractivity contribution in [2.45, 2.75) is 0 Å². The fourth-order valence-electron chi connectivity index (χ4n) is 19.5. The van der Waals surface area contributed by atoms with Crippen LogP contribution in [0.2, 0.25) is 0 Å². The minimum atomic E-state index is 0.899. The first kappa shape index (κ1) is 73.1. The van der Waals surface area contributed by atoms with E-state index in [2.05, 4.69) is 445 Å². The number of hydrogen-bond donors (Lipinski definition) is 0. The lowest BCUT2D eigenvalue weighted by Crippen LogP contribution is -2.12. The standard InChI is InChI=1S/C66H42N2O2.C54H35NO/c1-3-17-45(18-4-1)67(47-37-33-43(34-38-47)49-27-15-29-57-55-25-11-13-31-63(55)69-65(49)57)61-41-59-52-22-8-10-24-54(52)62(42-60(59)51-21-7-9-23-53(51)61)68(46-19-5-2-6-20-46)48-39-35-44(36-40-48)50-28-16-30-58-56-26-12-14-32-64(56)70-66(50)58;1-2-15-39(16-3-1)52-46-20-6-8-22-48(46)53(49-23-9-7-21-47(49)52)55(40-32-28-37(29-33-40)43-24-12-17-36-14-4-5-18-42(36)43)41-34-30-38(31-35-41)44-25-13-26-50-45-19-10-11-27-51(45)56-54(44)50/h1-42H;1-35H. The number of nitrogens with zero attached hydrogens (tertiary/aromatic N) is 3. The summed E-state index contributed by atoms with van der Waals surface area (Å²) in [5.74, 6) is 0. The van der Waals surface area contributed by atoms with Crippen molar-refractivity contribution in [2.24, 2.45) is 0 Å². The quantitative estimate of drug-likeness (QED) is 0.0799. The van der Waals surface area contributed by atoms with Crippen molar-refractivity contribution in [3.05, 3.63) is 467 Å². The lowest BCUT2D eigenvalue weighted by atomic mass is 9.90. The van der Waals surface area contributed by atoms with E-state index in [0.717, 1.165) is 161 Å². The van der Waals surface area contributed by atoms with Crippen LogP contribution in [0.4, 0.5) is 51.2 Å². The molecule has 0 aliphatic heterocycles. The molecule has 0 aliphatic carbocycles. The molecule has 0 bridgehead atoms. The minimum Gasteiger partial charge on any atom is -0.455 e. The van der Waals surface area contributed by atoms with Crippen LogP contribution in [0.5, 0.6) is 0 Å². The van der Waals surface area contributed by atoms with Gasteiger partial charge in [0.15, 0.2) is 0 Å². The highest BCUT2D eigenvalue weighted by Gasteiger charge is 2.27. The molecule has 590 valence electrons. The Hall–Kier alpha value is -16.8. The van der Waals surface area contributed by atoms with E-state index < -0.39 is 0 Å². The summed E-state index contributed by atoms with van der Waals surface area (Å²) >= 11 is 0. The normalized spacial score (nSPS) is 11.7. The van der Waals surface area contributed by atoms with E-state index in [-0.39, 0.29) is 0 Å². The van der Waals surface area contributed by atoms with Gasteiger partial charge in [-0.1, -0.05) is 364 Å². The highest BCUT2D eigenvalue weighted by atomic mass is 16.3. The maximum Gasteiger partial charge on any atom is 0.143 e. The molecule has 0 N–H and O–H groups in total. The number of rotatable bonds is 14. The molecule has 6 heteroatoms. The summed E-state index contributed by atoms with van der Waals surface area (Å²) in [5, 5.41) is 21.1. The summed E-state index contributed by atoms with van der Waals surface area (Å²) in [6, 6.07) is 168. The van der Waals surface area contributed by atoms with Crippen LogP contribution in [0, 0.1) is 0 Å². The van der Waals surface area contributed by atoms with Crippen molar-refractivity contribution < 1.29 is 13.3 Å². The fraction of sp³-hybridized carbons (Fsp3) is 0. The van der Waals surface area contributed by atoms with Crippen LogP contribution in [-0.2, 0) is 0 Å². The van der Waals surface area contributed by atoms with Gasteiger partial charge in [0.25, 0.3) is 0 Å². The van der Waals surface area contributed by atoms with Gasteiger partial charge >= 0.3 is 0 Å². The van der Waals surface area contributed by atoms with Crippen molar-refractivity contribution >= 4 is 182 Å². The summed E-state index contributed by atoms with van der Waals surface area (Å²) in [6.07, 6.45) is 0. The van der Waals surface area contributed by atoms with Gasteiger partial charge in [-0.2, -0.15) is 0 Å². The van der Waals surface area contributed by atoms with E-state index in [1.54, 1.807) is 0 Å². The van der Waals surface area contributed by atoms with Crippen molar-refractivity contribution in [3.8, 4) is 55.6 Å². The molecule has 3 aromatic heterocycles. The number of benzene rings is 22. The molecule has 3 heterocycles. The van der Waals surface area contributed by atoms with E-state index in [0.29, 0.717) is 0 Å². The van der Waals surface area contributed by atoms with Gasteiger partial charge in [-0.15, -0.1) is 0 Å². The van der Waals surface area contributed by atoms with Gasteiger partial charge in [0.1, 0.15) is 33.5 Å². The molecule has 0 atom stereocenters. The maximum absolute atomic E-state index is 6.48. The van der Waals surface area contributed by atoms with Gasteiger partial charge in [-0.05, 0) is 185 Å². The van der Waals surface area contributed by atoms with Crippen LogP contribution < -0.4 is 14.7 Å². The van der Waals surface area contributed by atoms with Crippen molar-refractivity contribution in [3.63, 3.8) is 0 Å². The molecule has 126 heavy (non-hydrogen) atoms. The van der Waals surface area contributed by atoms with Gasteiger partial charge in [0, 0.05) is 105 Å². The zero-order valence-corrected chi connectivity index (χ0v) is 68.5. The fourth-order valence-corrected chi connectivity index (χ4v) is 19.5. The molecule has 0 aliphatic rings. The van der Waals surface area contributed by atoms with E-state index in [4.69, 9.17) is 13.3 Å². The highest BCUT2D eigenvalue weighted by Crippen LogP contribution is 2.53. The number of furan rings is 3. The SMILES string of the molecule is c1ccc(-c2c3ccccc3c(N(c3ccc(-c4cccc5ccccc45)cc3)c3ccc(-c4cccc5c4oc4ccccc45)cc3)c3ccccc23)cc1.c1ccc(N(c2ccc(-c3cccc4c3oc3ccccc34)cc2)c2cc3c4ccccc4c(N(c4ccccc4)c4ccc(-c5cccc6c5oc5ccccc56)cc4)cc3c3ccccc23)cc1. The summed E-state index contributed by atoms with van der Waals surface area (Å²) < 4.78 is 19.4. The van der Waals surface area contributed by atoms with E-state index in [9.17, 15) is 0 Å². The average molecular weight is 1610 g/mol. The first-order valence-electron chi connectivity index (χ1n) is 43.0. The van der Waals surface area contributed by atoms with Crippen molar-refractivity contribution in [1.29, 1.82) is 0 Å². The first-order valence-corrected chi connectivity index (χ1v) is 43.0. The highest BCUT2D eigenvalue weighted by molar-refractivity contribution is 6.26. The van der Waals surface area contributed by atoms with Gasteiger partial charge < -0.3 is 28.0 Å². The van der Waals surface area contributed by atoms with Gasteiger partial charge in [0.05, 0.1) is 17.1 Å². The summed E-state index contributed by atoms with van der Waals surface area (Å²) in [5.41, 5.74) is 26.7. The Labute approximate surface area is 727 Å². The Morgan fingerprint density at radius 2 is 0.421 bits per heavy atom. The lowest BCUT2D eigenvalue weighted by molar-refractivity contribution is 0.669. The van der Waals surface area contributed by atoms with Crippen LogP contribution in [-0.4, -0.2) is 0 Å². The average Bonchev–Trinajstić information content (AvgIpc) is 1.28. The van der Waals surface area contributed by atoms with Crippen LogP contribution in [0.3, 0.4) is 0 Å². The third-order valence-electron chi connectivity index (χ3n) is 25.3. The largest absolute Gasteiger partial charge is 0.455 e. The topological polar surface area (TPSA) is 49.1 Å². The van der Waals surface area contributed by atoms with E-state index >= 15 is 0 Å². The molecular formula is C120H77N3O3. The monoisotopic (exact) mass is 1610 g/mol. The maximum atomic E-state index is 6.48. The lowest BCUT2D eigenvalue weighted by Gasteiger charge is -2.30. The van der Waals surface area contributed by atoms with Crippen LogP contribution in [0.25, 0.3) is 186 Å². The Bertz CT molecular complexity index is 8170. The third-order valence-corrected chi connectivity index (χ3v) is 25.3. The smallest absolute Gasteiger partial charge is 0.143 e. The molecule has 22 aromatic carbocycles. The number of hydrogen-bond acceptors (Lipinski definition) is 6. The molecule has 6 nitrogen and oxygen atoms in total. The molecule has 25 rings (SSSR count). The molecule has 0 unspecified atom stereocenters. The molecular weight excluding hydrogens is 1530 g/mol. The van der Waals surface area contributed by atoms with Gasteiger partial charge in [0.2, 0.25) is 0 Å². The Morgan fingerprint density at radius 1 is 0.151 bits per heavy atom. The Kier molecular flexibility index (Phi) is 17.8.